The Morgan fingerprint density at radius 2 is 1.34 bits per heavy atom. The van der Waals surface area contributed by atoms with Gasteiger partial charge in [0, 0.05) is 35.3 Å². The van der Waals surface area contributed by atoms with E-state index < -0.39 is 5.41 Å². The molecule has 8 heteroatoms. The van der Waals surface area contributed by atoms with Crippen molar-refractivity contribution in [2.75, 3.05) is 60.5 Å². The molecule has 0 spiro atoms. The molecule has 0 aliphatic carbocycles. The summed E-state index contributed by atoms with van der Waals surface area (Å²) in [5.41, 5.74) is 1.67. The van der Waals surface area contributed by atoms with Gasteiger partial charge in [0.1, 0.15) is 24.2 Å². The molecule has 0 saturated carbocycles. The molecule has 2 aromatic carbocycles. The van der Waals surface area contributed by atoms with Gasteiger partial charge in [-0.2, -0.15) is 0 Å². The van der Waals surface area contributed by atoms with Gasteiger partial charge < -0.3 is 19.3 Å². The van der Waals surface area contributed by atoms with E-state index in [-0.39, 0.29) is 12.2 Å². The van der Waals surface area contributed by atoms with Crippen LogP contribution in [0.5, 0.6) is 0 Å². The average Bonchev–Trinajstić information content (AvgIpc) is 3.35. The molecule has 2 fully saturated rings. The van der Waals surface area contributed by atoms with Gasteiger partial charge in [0.05, 0.1) is 20.3 Å². The van der Waals surface area contributed by atoms with Crippen molar-refractivity contribution >= 4 is 29.4 Å². The first-order valence-corrected chi connectivity index (χ1v) is 17.5. The quantitative estimate of drug-likeness (QED) is 0.207. The zero-order valence-corrected chi connectivity index (χ0v) is 28.8. The molecule has 44 heavy (non-hydrogen) atoms. The van der Waals surface area contributed by atoms with Gasteiger partial charge in [0.25, 0.3) is 0 Å². The lowest BCUT2D eigenvalue weighted by Gasteiger charge is -2.42. The molecule has 2 saturated heterocycles. The number of likely N-dealkylation sites (tertiary alicyclic amines) is 2. The van der Waals surface area contributed by atoms with Crippen molar-refractivity contribution in [3.8, 4) is 0 Å². The number of quaternary nitrogens is 1. The molecular weight excluding hydrogens is 591 g/mol. The van der Waals surface area contributed by atoms with Crippen LogP contribution in [-0.2, 0) is 9.47 Å². The van der Waals surface area contributed by atoms with Crippen LogP contribution in [0.15, 0.2) is 53.6 Å². The smallest absolute Gasteiger partial charge is 0.122 e. The van der Waals surface area contributed by atoms with Crippen molar-refractivity contribution < 1.29 is 14.1 Å². The fourth-order valence-electron chi connectivity index (χ4n) is 7.81. The summed E-state index contributed by atoms with van der Waals surface area (Å²) in [6.45, 7) is 7.82. The van der Waals surface area contributed by atoms with Crippen LogP contribution in [0.4, 0.5) is 0 Å². The van der Waals surface area contributed by atoms with Crippen molar-refractivity contribution in [1.82, 2.24) is 9.80 Å². The van der Waals surface area contributed by atoms with Crippen molar-refractivity contribution in [2.24, 2.45) is 10.5 Å². The molecule has 3 heterocycles. The van der Waals surface area contributed by atoms with Crippen molar-refractivity contribution in [3.63, 3.8) is 0 Å². The zero-order chi connectivity index (χ0) is 31.2. The lowest BCUT2D eigenvalue weighted by molar-refractivity contribution is -0.896. The van der Waals surface area contributed by atoms with Gasteiger partial charge in [-0.15, -0.1) is 0 Å². The minimum atomic E-state index is -0.541. The van der Waals surface area contributed by atoms with E-state index in [2.05, 4.69) is 68.3 Å². The molecule has 2 aromatic rings. The van der Waals surface area contributed by atoms with Crippen molar-refractivity contribution in [2.45, 2.75) is 82.6 Å². The number of hydrogen-bond acceptors (Lipinski definition) is 5. The summed E-state index contributed by atoms with van der Waals surface area (Å²) in [6, 6.07) is 17.5. The van der Waals surface area contributed by atoms with Crippen LogP contribution >= 0.6 is 23.2 Å². The van der Waals surface area contributed by atoms with Gasteiger partial charge >= 0.3 is 0 Å². The Balaban J connectivity index is 1.48. The van der Waals surface area contributed by atoms with Crippen LogP contribution in [-0.4, -0.2) is 93.2 Å². The van der Waals surface area contributed by atoms with Gasteiger partial charge in [0.15, 0.2) is 0 Å². The normalized spacial score (nSPS) is 27.4. The molecular formula is C36H53Cl2N4O2+. The summed E-state index contributed by atoms with van der Waals surface area (Å²) < 4.78 is 14.7. The Kier molecular flexibility index (Phi) is 11.8. The average molecular weight is 645 g/mol. The Morgan fingerprint density at radius 3 is 1.84 bits per heavy atom. The standard InChI is InChI=1S/C36H53Cl2N4O2/c1-5-41-23-9-7-11-33(41)21-25-44-35(29-14-18-31(38)19-15-29)36(26-39-42(3,4)27-36)34(28-12-16-30(37)17-13-28)43-24-20-32-10-6-8-22-40(32)2/h12-19,26,32-35H,5-11,20-25,27H2,1-4H3/q+1. The first-order valence-electron chi connectivity index (χ1n) is 16.8. The van der Waals surface area contributed by atoms with E-state index >= 15 is 0 Å². The number of hydrogen-bond donors (Lipinski definition) is 0. The molecule has 0 radical (unpaired) electrons. The molecule has 3 aliphatic heterocycles. The Morgan fingerprint density at radius 1 is 0.818 bits per heavy atom. The molecule has 0 amide bonds. The lowest BCUT2D eigenvalue weighted by Crippen LogP contribution is -2.47. The number of rotatable bonds is 13. The van der Waals surface area contributed by atoms with E-state index in [1.165, 1.54) is 45.1 Å². The van der Waals surface area contributed by atoms with Crippen LogP contribution in [0.1, 0.15) is 81.6 Å². The molecule has 242 valence electrons. The minimum absolute atomic E-state index is 0.264. The van der Waals surface area contributed by atoms with E-state index in [0.29, 0.717) is 29.9 Å². The minimum Gasteiger partial charge on any atom is -0.372 e. The summed E-state index contributed by atoms with van der Waals surface area (Å²) in [6.07, 6.45) is 11.3. The number of ether oxygens (including phenoxy) is 2. The SMILES string of the molecule is CCN1CCCCC1CCOC(c1ccc(Cl)cc1)C1(C(OCCC2CCCCN2C)c2ccc(Cl)cc2)C=N[N+](C)(C)C1. The van der Waals surface area contributed by atoms with E-state index in [1.807, 2.05) is 24.3 Å². The molecule has 5 atom stereocenters. The Hall–Kier alpha value is -1.51. The Bertz CT molecular complexity index is 1210. The summed E-state index contributed by atoms with van der Waals surface area (Å²) >= 11 is 12.8. The highest BCUT2D eigenvalue weighted by Gasteiger charge is 2.56. The maximum Gasteiger partial charge on any atom is 0.122 e. The van der Waals surface area contributed by atoms with Crippen LogP contribution in [0.25, 0.3) is 0 Å². The fraction of sp³-hybridized carbons (Fsp3) is 0.639. The van der Waals surface area contributed by atoms with Crippen LogP contribution in [0.2, 0.25) is 10.0 Å². The molecule has 3 aliphatic rings. The third kappa shape index (κ3) is 8.25. The monoisotopic (exact) mass is 643 g/mol. The van der Waals surface area contributed by atoms with E-state index in [4.69, 9.17) is 37.8 Å². The number of halogens is 2. The third-order valence-corrected chi connectivity index (χ3v) is 10.6. The topological polar surface area (TPSA) is 37.3 Å². The highest BCUT2D eigenvalue weighted by Crippen LogP contribution is 2.51. The third-order valence-electron chi connectivity index (χ3n) is 10.1. The largest absolute Gasteiger partial charge is 0.372 e. The fourth-order valence-corrected chi connectivity index (χ4v) is 8.06. The highest BCUT2D eigenvalue weighted by molar-refractivity contribution is 6.30. The molecule has 0 aromatic heterocycles. The van der Waals surface area contributed by atoms with Crippen LogP contribution < -0.4 is 0 Å². The molecule has 0 N–H and O–H groups in total. The maximum absolute atomic E-state index is 7.10. The van der Waals surface area contributed by atoms with Gasteiger partial charge in [-0.05, 0) is 101 Å². The second-order valence-corrected chi connectivity index (χ2v) is 14.6. The van der Waals surface area contributed by atoms with Crippen molar-refractivity contribution in [3.05, 3.63) is 69.7 Å². The second kappa shape index (κ2) is 15.4. The van der Waals surface area contributed by atoms with Gasteiger partial charge in [-0.1, -0.05) is 72.3 Å². The lowest BCUT2D eigenvalue weighted by atomic mass is 9.72. The molecule has 0 bridgehead atoms. The predicted octanol–water partition coefficient (Wildman–Crippen LogP) is 8.01. The van der Waals surface area contributed by atoms with E-state index in [9.17, 15) is 0 Å². The number of nitrogens with zero attached hydrogens (tertiary/aromatic N) is 4. The maximum atomic E-state index is 7.10. The second-order valence-electron chi connectivity index (χ2n) is 13.7. The molecule has 5 unspecified atom stereocenters. The van der Waals surface area contributed by atoms with Gasteiger partial charge in [-0.25, -0.2) is 4.59 Å². The predicted molar refractivity (Wildman–Crippen MR) is 183 cm³/mol. The first kappa shape index (κ1) is 33.8. The molecule has 6 nitrogen and oxygen atoms in total. The van der Waals surface area contributed by atoms with E-state index in [0.717, 1.165) is 53.6 Å². The number of piperidine rings is 2. The van der Waals surface area contributed by atoms with Crippen LogP contribution in [0.3, 0.4) is 0 Å². The van der Waals surface area contributed by atoms with Gasteiger partial charge in [-0.3, -0.25) is 0 Å². The molecule has 5 rings (SSSR count). The summed E-state index contributed by atoms with van der Waals surface area (Å²) in [5.74, 6) is 0. The zero-order valence-electron chi connectivity index (χ0n) is 27.3. The summed E-state index contributed by atoms with van der Waals surface area (Å²) in [5, 5.41) is 6.51. The van der Waals surface area contributed by atoms with Gasteiger partial charge in [0.2, 0.25) is 0 Å². The summed E-state index contributed by atoms with van der Waals surface area (Å²) in [7, 11) is 6.57. The highest BCUT2D eigenvalue weighted by atomic mass is 35.5. The summed E-state index contributed by atoms with van der Waals surface area (Å²) in [4.78, 5) is 5.13. The van der Waals surface area contributed by atoms with Crippen LogP contribution in [0, 0.1) is 5.41 Å². The van der Waals surface area contributed by atoms with E-state index in [1.54, 1.807) is 0 Å². The van der Waals surface area contributed by atoms with Crippen molar-refractivity contribution in [1.29, 1.82) is 0 Å². The Labute approximate surface area is 275 Å². The first-order chi connectivity index (χ1) is 21.2. The number of benzene rings is 2.